The minimum absolute atomic E-state index is 0.110. The second-order valence-electron chi connectivity index (χ2n) is 6.54. The maximum absolute atomic E-state index is 12.6. The number of carbonyl (C=O) groups is 2. The standard InChI is InChI=1S/C20H24N2O6/c1-26-15-4-5-17(27-2)16(12-15)18(20(24)25)21-7-3-8-22(10-9-21)19(23)14-6-11-28-13-14/h4-6,11-13,18H,3,7-10H2,1-2H3,(H,24,25). The van der Waals surface area contributed by atoms with E-state index in [0.717, 1.165) is 0 Å². The molecule has 3 rings (SSSR count). The third kappa shape index (κ3) is 4.12. The van der Waals surface area contributed by atoms with Crippen LogP contribution in [0.1, 0.15) is 28.4 Å². The molecule has 0 bridgehead atoms. The lowest BCUT2D eigenvalue weighted by Gasteiger charge is -2.29. The molecule has 150 valence electrons. The van der Waals surface area contributed by atoms with E-state index in [0.29, 0.717) is 55.2 Å². The van der Waals surface area contributed by atoms with E-state index in [2.05, 4.69) is 0 Å². The van der Waals surface area contributed by atoms with Gasteiger partial charge in [-0.15, -0.1) is 0 Å². The number of furan rings is 1. The highest BCUT2D eigenvalue weighted by atomic mass is 16.5. The average Bonchev–Trinajstić information content (AvgIpc) is 3.13. The van der Waals surface area contributed by atoms with Crippen LogP contribution in [0.25, 0.3) is 0 Å². The van der Waals surface area contributed by atoms with Crippen LogP contribution in [0.2, 0.25) is 0 Å². The summed E-state index contributed by atoms with van der Waals surface area (Å²) < 4.78 is 15.6. The molecule has 0 aliphatic carbocycles. The Labute approximate surface area is 163 Å². The van der Waals surface area contributed by atoms with Gasteiger partial charge in [0, 0.05) is 31.7 Å². The Hall–Kier alpha value is -3.00. The first kappa shape index (κ1) is 19.8. The number of carboxylic acid groups (broad SMARTS) is 1. The molecule has 0 radical (unpaired) electrons. The summed E-state index contributed by atoms with van der Waals surface area (Å²) >= 11 is 0. The van der Waals surface area contributed by atoms with Gasteiger partial charge in [-0.2, -0.15) is 0 Å². The number of rotatable bonds is 6. The minimum atomic E-state index is -0.971. The van der Waals surface area contributed by atoms with Crippen LogP contribution in [-0.2, 0) is 4.79 Å². The summed E-state index contributed by atoms with van der Waals surface area (Å²) in [7, 11) is 3.05. The molecule has 2 heterocycles. The molecule has 1 saturated heterocycles. The van der Waals surface area contributed by atoms with Crippen molar-refractivity contribution < 1.29 is 28.6 Å². The Morgan fingerprint density at radius 3 is 2.57 bits per heavy atom. The zero-order chi connectivity index (χ0) is 20.1. The Morgan fingerprint density at radius 1 is 1.11 bits per heavy atom. The van der Waals surface area contributed by atoms with Crippen molar-refractivity contribution in [2.45, 2.75) is 12.5 Å². The Bertz CT molecular complexity index is 820. The van der Waals surface area contributed by atoms with Crippen molar-refractivity contribution in [2.75, 3.05) is 40.4 Å². The molecule has 8 heteroatoms. The van der Waals surface area contributed by atoms with Gasteiger partial charge in [0.05, 0.1) is 26.0 Å². The predicted octanol–water partition coefficient (Wildman–Crippen LogP) is 2.27. The van der Waals surface area contributed by atoms with Crippen LogP contribution in [0, 0.1) is 0 Å². The van der Waals surface area contributed by atoms with Gasteiger partial charge in [0.1, 0.15) is 23.8 Å². The fourth-order valence-corrected chi connectivity index (χ4v) is 3.51. The van der Waals surface area contributed by atoms with E-state index in [1.54, 1.807) is 29.2 Å². The number of carboxylic acids is 1. The Kier molecular flexibility index (Phi) is 6.20. The largest absolute Gasteiger partial charge is 0.497 e. The summed E-state index contributed by atoms with van der Waals surface area (Å²) in [6, 6.07) is 5.86. The van der Waals surface area contributed by atoms with Gasteiger partial charge in [-0.25, -0.2) is 0 Å². The highest BCUT2D eigenvalue weighted by Crippen LogP contribution is 2.33. The van der Waals surface area contributed by atoms with Crippen molar-refractivity contribution in [1.82, 2.24) is 9.80 Å². The smallest absolute Gasteiger partial charge is 0.325 e. The predicted molar refractivity (Wildman–Crippen MR) is 101 cm³/mol. The molecule has 8 nitrogen and oxygen atoms in total. The molecule has 1 aliphatic rings. The molecule has 1 fully saturated rings. The topological polar surface area (TPSA) is 92.5 Å². The first-order valence-electron chi connectivity index (χ1n) is 9.05. The number of carbonyl (C=O) groups excluding carboxylic acids is 1. The number of ether oxygens (including phenoxy) is 2. The number of aliphatic carboxylic acids is 1. The molecule has 0 saturated carbocycles. The second-order valence-corrected chi connectivity index (χ2v) is 6.54. The zero-order valence-corrected chi connectivity index (χ0v) is 16.0. The molecule has 2 aromatic rings. The fourth-order valence-electron chi connectivity index (χ4n) is 3.51. The van der Waals surface area contributed by atoms with Gasteiger partial charge >= 0.3 is 5.97 Å². The van der Waals surface area contributed by atoms with E-state index in [-0.39, 0.29) is 5.91 Å². The van der Waals surface area contributed by atoms with E-state index in [1.807, 2.05) is 4.90 Å². The molecule has 1 aromatic carbocycles. The summed E-state index contributed by atoms with van der Waals surface area (Å²) in [5.41, 5.74) is 1.03. The maximum Gasteiger partial charge on any atom is 0.325 e. The highest BCUT2D eigenvalue weighted by molar-refractivity contribution is 5.93. The van der Waals surface area contributed by atoms with Gasteiger partial charge in [-0.05, 0) is 30.7 Å². The molecule has 1 aromatic heterocycles. The van der Waals surface area contributed by atoms with E-state index < -0.39 is 12.0 Å². The number of amides is 1. The third-order valence-electron chi connectivity index (χ3n) is 4.92. The number of benzene rings is 1. The lowest BCUT2D eigenvalue weighted by Crippen LogP contribution is -2.38. The number of hydrogen-bond donors (Lipinski definition) is 1. The summed E-state index contributed by atoms with van der Waals surface area (Å²) in [5.74, 6) is -0.0278. The van der Waals surface area contributed by atoms with Crippen LogP contribution in [-0.4, -0.2) is 67.2 Å². The molecule has 1 amide bonds. The van der Waals surface area contributed by atoms with Gasteiger partial charge in [0.15, 0.2) is 0 Å². The van der Waals surface area contributed by atoms with Gasteiger partial charge < -0.3 is 23.9 Å². The van der Waals surface area contributed by atoms with Crippen molar-refractivity contribution in [2.24, 2.45) is 0 Å². The van der Waals surface area contributed by atoms with Crippen LogP contribution in [0.15, 0.2) is 41.2 Å². The first-order chi connectivity index (χ1) is 13.5. The van der Waals surface area contributed by atoms with E-state index in [9.17, 15) is 14.7 Å². The van der Waals surface area contributed by atoms with Crippen LogP contribution < -0.4 is 9.47 Å². The first-order valence-corrected chi connectivity index (χ1v) is 9.05. The van der Waals surface area contributed by atoms with Gasteiger partial charge in [0.2, 0.25) is 0 Å². The zero-order valence-electron chi connectivity index (χ0n) is 16.0. The second kappa shape index (κ2) is 8.79. The molecular formula is C20H24N2O6. The normalized spacial score (nSPS) is 16.3. The maximum atomic E-state index is 12.6. The summed E-state index contributed by atoms with van der Waals surface area (Å²) in [5, 5.41) is 9.95. The molecule has 1 atom stereocenters. The quantitative estimate of drug-likeness (QED) is 0.811. The monoisotopic (exact) mass is 388 g/mol. The minimum Gasteiger partial charge on any atom is -0.497 e. The molecule has 28 heavy (non-hydrogen) atoms. The Morgan fingerprint density at radius 2 is 1.93 bits per heavy atom. The number of methoxy groups -OCH3 is 2. The molecule has 1 N–H and O–H groups in total. The van der Waals surface area contributed by atoms with Gasteiger partial charge in [0.25, 0.3) is 5.91 Å². The molecule has 1 aliphatic heterocycles. The summed E-state index contributed by atoms with van der Waals surface area (Å²) in [6.07, 6.45) is 3.55. The Balaban J connectivity index is 1.82. The van der Waals surface area contributed by atoms with Gasteiger partial charge in [-0.1, -0.05) is 0 Å². The van der Waals surface area contributed by atoms with Gasteiger partial charge in [-0.3, -0.25) is 14.5 Å². The van der Waals surface area contributed by atoms with E-state index in [4.69, 9.17) is 13.9 Å². The van der Waals surface area contributed by atoms with Crippen LogP contribution in [0.4, 0.5) is 0 Å². The summed E-state index contributed by atoms with van der Waals surface area (Å²) in [6.45, 7) is 1.97. The lowest BCUT2D eigenvalue weighted by molar-refractivity contribution is -0.143. The van der Waals surface area contributed by atoms with Crippen molar-refractivity contribution in [3.05, 3.63) is 47.9 Å². The average molecular weight is 388 g/mol. The fraction of sp³-hybridized carbons (Fsp3) is 0.400. The summed E-state index contributed by atoms with van der Waals surface area (Å²) in [4.78, 5) is 28.3. The van der Waals surface area contributed by atoms with Crippen LogP contribution in [0.5, 0.6) is 11.5 Å². The highest BCUT2D eigenvalue weighted by Gasteiger charge is 2.32. The van der Waals surface area contributed by atoms with E-state index in [1.165, 1.54) is 26.7 Å². The number of hydrogen-bond acceptors (Lipinski definition) is 6. The van der Waals surface area contributed by atoms with Crippen molar-refractivity contribution in [3.8, 4) is 11.5 Å². The van der Waals surface area contributed by atoms with Crippen molar-refractivity contribution in [1.29, 1.82) is 0 Å². The molecule has 1 unspecified atom stereocenters. The van der Waals surface area contributed by atoms with Crippen molar-refractivity contribution >= 4 is 11.9 Å². The van der Waals surface area contributed by atoms with Crippen LogP contribution in [0.3, 0.4) is 0 Å². The SMILES string of the molecule is COc1ccc(OC)c(C(C(=O)O)N2CCCN(C(=O)c3ccoc3)CC2)c1. The molecule has 0 spiro atoms. The third-order valence-corrected chi connectivity index (χ3v) is 4.92. The van der Waals surface area contributed by atoms with Crippen LogP contribution >= 0.6 is 0 Å². The van der Waals surface area contributed by atoms with Crippen molar-refractivity contribution in [3.63, 3.8) is 0 Å². The van der Waals surface area contributed by atoms with E-state index >= 15 is 0 Å². The number of nitrogens with zero attached hydrogens (tertiary/aromatic N) is 2. The lowest BCUT2D eigenvalue weighted by atomic mass is 10.0. The molecular weight excluding hydrogens is 364 g/mol.